The van der Waals surface area contributed by atoms with Crippen molar-refractivity contribution in [1.82, 2.24) is 4.98 Å². The minimum absolute atomic E-state index is 0.256. The van der Waals surface area contributed by atoms with Gasteiger partial charge in [0, 0.05) is 12.4 Å². The van der Waals surface area contributed by atoms with E-state index in [1.54, 1.807) is 66.9 Å². The van der Waals surface area contributed by atoms with Crippen molar-refractivity contribution in [2.75, 3.05) is 5.48 Å². The van der Waals surface area contributed by atoms with E-state index in [9.17, 15) is 9.59 Å². The number of anilines is 1. The highest BCUT2D eigenvalue weighted by Crippen LogP contribution is 2.19. The Kier molecular flexibility index (Phi) is 5.86. The Balaban J connectivity index is 1.57. The van der Waals surface area contributed by atoms with Gasteiger partial charge in [0.05, 0.1) is 27.5 Å². The van der Waals surface area contributed by atoms with Gasteiger partial charge in [0.1, 0.15) is 0 Å². The molecule has 1 amide bonds. The molecule has 8 heteroatoms. The lowest BCUT2D eigenvalue weighted by Crippen LogP contribution is -2.11. The van der Waals surface area contributed by atoms with E-state index in [-0.39, 0.29) is 5.56 Å². The fraction of sp³-hybridized carbons (Fsp3) is 0. The molecule has 0 saturated carbocycles. The summed E-state index contributed by atoms with van der Waals surface area (Å²) in [6.45, 7) is 0. The number of azo groups is 1. The topological polar surface area (TPSA) is 93.0 Å². The lowest BCUT2D eigenvalue weighted by atomic mass is 10.2. The van der Waals surface area contributed by atoms with Crippen LogP contribution in [0.5, 0.6) is 0 Å². The molecule has 0 aliphatic heterocycles. The number of benzene rings is 2. The molecule has 0 saturated heterocycles. The Hall–Kier alpha value is -3.58. The molecule has 0 aliphatic carbocycles. The Morgan fingerprint density at radius 2 is 1.78 bits per heavy atom. The second-order valence-electron chi connectivity index (χ2n) is 5.27. The highest BCUT2D eigenvalue weighted by atomic mass is 35.5. The molecule has 3 rings (SSSR count). The van der Waals surface area contributed by atoms with E-state index >= 15 is 0 Å². The molecule has 0 aliphatic rings. The molecule has 3 aromatic rings. The van der Waals surface area contributed by atoms with E-state index in [4.69, 9.17) is 16.4 Å². The number of hydrogen-bond acceptors (Lipinski definition) is 6. The lowest BCUT2D eigenvalue weighted by molar-refractivity contribution is 0.0596. The first-order valence-electron chi connectivity index (χ1n) is 7.81. The maximum Gasteiger partial charge on any atom is 0.364 e. The molecular formula is C19H13ClN4O3. The average molecular weight is 381 g/mol. The largest absolute Gasteiger partial charge is 0.364 e. The summed E-state index contributed by atoms with van der Waals surface area (Å²) in [5.74, 6) is -1.09. The van der Waals surface area contributed by atoms with Crippen LogP contribution in [0, 0.1) is 0 Å². The molecule has 1 heterocycles. The van der Waals surface area contributed by atoms with Crippen LogP contribution in [0.1, 0.15) is 20.7 Å². The maximum absolute atomic E-state index is 12.0. The summed E-state index contributed by atoms with van der Waals surface area (Å²) in [4.78, 5) is 32.7. The summed E-state index contributed by atoms with van der Waals surface area (Å²) in [7, 11) is 0. The van der Waals surface area contributed by atoms with Crippen molar-refractivity contribution in [2.45, 2.75) is 0 Å². The quantitative estimate of drug-likeness (QED) is 0.504. The second kappa shape index (κ2) is 8.68. The number of pyridine rings is 1. The predicted molar refractivity (Wildman–Crippen MR) is 100 cm³/mol. The monoisotopic (exact) mass is 380 g/mol. The molecule has 0 unspecified atom stereocenters. The number of rotatable bonds is 5. The highest BCUT2D eigenvalue weighted by molar-refractivity contribution is 6.33. The molecule has 134 valence electrons. The standard InChI is InChI=1S/C19H13ClN4O3/c20-17-6-2-1-5-16(17)19(26)27-24-15-9-7-14(8-10-15)22-23-18(25)13-4-3-11-21-12-13/h1-12,24H. The number of nitrogens with zero attached hydrogens (tertiary/aromatic N) is 3. The van der Waals surface area contributed by atoms with Crippen molar-refractivity contribution in [2.24, 2.45) is 10.2 Å². The van der Waals surface area contributed by atoms with E-state index in [0.717, 1.165) is 0 Å². The third kappa shape index (κ3) is 4.96. The van der Waals surface area contributed by atoms with Gasteiger partial charge in [-0.15, -0.1) is 10.2 Å². The molecule has 0 radical (unpaired) electrons. The van der Waals surface area contributed by atoms with E-state index in [1.807, 2.05) is 0 Å². The van der Waals surface area contributed by atoms with Crippen molar-refractivity contribution in [1.29, 1.82) is 0 Å². The highest BCUT2D eigenvalue weighted by Gasteiger charge is 2.11. The van der Waals surface area contributed by atoms with Crippen molar-refractivity contribution >= 4 is 34.9 Å². The summed E-state index contributed by atoms with van der Waals surface area (Å²) in [6, 6.07) is 16.3. The number of aromatic nitrogens is 1. The Morgan fingerprint density at radius 1 is 1.00 bits per heavy atom. The van der Waals surface area contributed by atoms with Crippen LogP contribution in [0.3, 0.4) is 0 Å². The number of carbonyl (C=O) groups is 2. The maximum atomic E-state index is 12.0. The molecule has 0 fully saturated rings. The minimum Gasteiger partial charge on any atom is -0.338 e. The first kappa shape index (κ1) is 18.2. The normalized spacial score (nSPS) is 10.6. The van der Waals surface area contributed by atoms with Crippen LogP contribution >= 0.6 is 11.6 Å². The van der Waals surface area contributed by atoms with Crippen LogP contribution in [0.4, 0.5) is 11.4 Å². The summed E-state index contributed by atoms with van der Waals surface area (Å²) in [5.41, 5.74) is 4.13. The zero-order valence-corrected chi connectivity index (χ0v) is 14.6. The van der Waals surface area contributed by atoms with Gasteiger partial charge in [-0.25, -0.2) is 10.3 Å². The molecule has 2 aromatic carbocycles. The van der Waals surface area contributed by atoms with E-state index in [2.05, 4.69) is 20.7 Å². The van der Waals surface area contributed by atoms with Crippen molar-refractivity contribution < 1.29 is 14.4 Å². The van der Waals surface area contributed by atoms with Crippen LogP contribution in [-0.4, -0.2) is 16.9 Å². The zero-order chi connectivity index (χ0) is 19.1. The Morgan fingerprint density at radius 3 is 2.48 bits per heavy atom. The van der Waals surface area contributed by atoms with Gasteiger partial charge in [0.15, 0.2) is 0 Å². The van der Waals surface area contributed by atoms with Gasteiger partial charge in [0.25, 0.3) is 5.91 Å². The molecule has 1 N–H and O–H groups in total. The average Bonchev–Trinajstić information content (AvgIpc) is 2.72. The SMILES string of the molecule is O=C(N=Nc1ccc(NOC(=O)c2ccccc2Cl)cc1)c1cccnc1. The van der Waals surface area contributed by atoms with Crippen LogP contribution in [0.15, 0.2) is 83.3 Å². The van der Waals surface area contributed by atoms with Crippen LogP contribution in [0.2, 0.25) is 5.02 Å². The van der Waals surface area contributed by atoms with Crippen molar-refractivity contribution in [3.8, 4) is 0 Å². The Bertz CT molecular complexity index is 976. The van der Waals surface area contributed by atoms with E-state index < -0.39 is 11.9 Å². The number of carbonyl (C=O) groups excluding carboxylic acids is 2. The van der Waals surface area contributed by atoms with E-state index in [0.29, 0.717) is 22.0 Å². The fourth-order valence-corrected chi connectivity index (χ4v) is 2.25. The Labute approximate surface area is 159 Å². The number of hydrogen-bond donors (Lipinski definition) is 1. The van der Waals surface area contributed by atoms with Crippen LogP contribution in [0.25, 0.3) is 0 Å². The first-order valence-corrected chi connectivity index (χ1v) is 8.19. The van der Waals surface area contributed by atoms with Crippen molar-refractivity contribution in [3.05, 3.63) is 89.2 Å². The summed E-state index contributed by atoms with van der Waals surface area (Å²) >= 11 is 5.94. The second-order valence-corrected chi connectivity index (χ2v) is 5.67. The van der Waals surface area contributed by atoms with Gasteiger partial charge >= 0.3 is 5.97 Å². The molecular weight excluding hydrogens is 368 g/mol. The van der Waals surface area contributed by atoms with Gasteiger partial charge in [-0.1, -0.05) is 23.7 Å². The third-order valence-electron chi connectivity index (χ3n) is 3.39. The molecule has 1 aromatic heterocycles. The number of halogens is 1. The third-order valence-corrected chi connectivity index (χ3v) is 3.72. The van der Waals surface area contributed by atoms with Gasteiger partial charge in [0.2, 0.25) is 0 Å². The van der Waals surface area contributed by atoms with Gasteiger partial charge in [-0.3, -0.25) is 9.78 Å². The van der Waals surface area contributed by atoms with E-state index in [1.165, 1.54) is 6.20 Å². The number of amides is 1. The van der Waals surface area contributed by atoms with Crippen molar-refractivity contribution in [3.63, 3.8) is 0 Å². The summed E-state index contributed by atoms with van der Waals surface area (Å²) in [5, 5.41) is 7.82. The fourth-order valence-electron chi connectivity index (χ4n) is 2.03. The molecule has 0 spiro atoms. The first-order chi connectivity index (χ1) is 13.1. The minimum atomic E-state index is -0.605. The van der Waals surface area contributed by atoms with Gasteiger partial charge in [-0.2, -0.15) is 0 Å². The zero-order valence-electron chi connectivity index (χ0n) is 13.9. The van der Waals surface area contributed by atoms with Crippen LogP contribution < -0.4 is 5.48 Å². The molecule has 0 bridgehead atoms. The predicted octanol–water partition coefficient (Wildman–Crippen LogP) is 4.84. The molecule has 0 atom stereocenters. The van der Waals surface area contributed by atoms with Gasteiger partial charge < -0.3 is 4.84 Å². The number of nitrogens with one attached hydrogen (secondary N) is 1. The van der Waals surface area contributed by atoms with Crippen LogP contribution in [-0.2, 0) is 4.84 Å². The molecule has 27 heavy (non-hydrogen) atoms. The molecule has 7 nitrogen and oxygen atoms in total. The smallest absolute Gasteiger partial charge is 0.338 e. The lowest BCUT2D eigenvalue weighted by Gasteiger charge is -2.07. The van der Waals surface area contributed by atoms with Gasteiger partial charge in [-0.05, 0) is 48.5 Å². The summed E-state index contributed by atoms with van der Waals surface area (Å²) in [6.07, 6.45) is 2.99. The summed E-state index contributed by atoms with van der Waals surface area (Å²) < 4.78 is 0.